The van der Waals surface area contributed by atoms with Crippen LogP contribution in [0.3, 0.4) is 0 Å². The molecule has 5 rings (SSSR count). The zero-order chi connectivity index (χ0) is 33.1. The summed E-state index contributed by atoms with van der Waals surface area (Å²) >= 11 is 0. The molecule has 1 aliphatic rings. The molecule has 0 radical (unpaired) electrons. The topological polar surface area (TPSA) is 150 Å². The Kier molecular flexibility index (Phi) is 9.19. The van der Waals surface area contributed by atoms with Crippen LogP contribution >= 0.6 is 0 Å². The first kappa shape index (κ1) is 32.3. The number of carbonyl (C=O) groups excluding carboxylic acids is 2. The normalized spacial score (nSPS) is 14.3. The van der Waals surface area contributed by atoms with E-state index in [0.29, 0.717) is 17.0 Å². The minimum absolute atomic E-state index is 0.0166. The van der Waals surface area contributed by atoms with Crippen LogP contribution in [0, 0.1) is 5.82 Å². The lowest BCUT2D eigenvalue weighted by atomic mass is 9.93. The first-order valence-electron chi connectivity index (χ1n) is 14.3. The number of nitrogens with one attached hydrogen (secondary N) is 1. The number of hydrogen-bond acceptors (Lipinski definition) is 8. The quantitative estimate of drug-likeness (QED) is 0.192. The molecule has 4 N–H and O–H groups in total. The highest BCUT2D eigenvalue weighted by Gasteiger charge is 2.56. The summed E-state index contributed by atoms with van der Waals surface area (Å²) in [6.07, 6.45) is -1.36. The van der Waals surface area contributed by atoms with Crippen molar-refractivity contribution in [3.05, 3.63) is 89.8 Å². The number of amides is 2. The number of nitrogens with zero attached hydrogens (tertiary/aromatic N) is 3. The third-order valence-electron chi connectivity index (χ3n) is 7.14. The highest BCUT2D eigenvalue weighted by molar-refractivity contribution is 5.96. The Morgan fingerprint density at radius 3 is 2.43 bits per heavy atom. The summed E-state index contributed by atoms with van der Waals surface area (Å²) in [5.74, 6) is -2.05. The second-order valence-corrected chi connectivity index (χ2v) is 10.6. The second kappa shape index (κ2) is 13.1. The Morgan fingerprint density at radius 1 is 1.09 bits per heavy atom. The molecule has 240 valence electrons. The number of pyridine rings is 1. The molecule has 0 saturated heterocycles. The molecule has 10 nitrogen and oxygen atoms in total. The van der Waals surface area contributed by atoms with Crippen LogP contribution in [0.4, 0.5) is 17.6 Å². The number of halogens is 4. The average molecular weight is 640 g/mol. The molecule has 1 atom stereocenters. The van der Waals surface area contributed by atoms with E-state index < -0.39 is 48.1 Å². The zero-order valence-corrected chi connectivity index (χ0v) is 24.5. The highest BCUT2D eigenvalue weighted by atomic mass is 19.4. The zero-order valence-electron chi connectivity index (χ0n) is 24.5. The smallest absolute Gasteiger partial charge is 0.424 e. The average Bonchev–Trinajstić information content (AvgIpc) is 3.85. The fourth-order valence-electron chi connectivity index (χ4n) is 4.66. The van der Waals surface area contributed by atoms with Gasteiger partial charge in [-0.15, -0.1) is 0 Å². The molecular weight excluding hydrogens is 610 g/mol. The van der Waals surface area contributed by atoms with Gasteiger partial charge in [-0.3, -0.25) is 9.59 Å². The molecule has 0 spiro atoms. The summed E-state index contributed by atoms with van der Waals surface area (Å²) in [5, 5.41) is 13.4. The van der Waals surface area contributed by atoms with Crippen LogP contribution in [0.5, 0.6) is 11.5 Å². The van der Waals surface area contributed by atoms with Gasteiger partial charge in [-0.2, -0.15) is 13.2 Å². The van der Waals surface area contributed by atoms with Gasteiger partial charge in [0.1, 0.15) is 29.3 Å². The number of primary amides is 1. The van der Waals surface area contributed by atoms with E-state index in [1.807, 2.05) is 0 Å². The van der Waals surface area contributed by atoms with Crippen LogP contribution in [-0.4, -0.2) is 57.3 Å². The molecule has 2 aromatic heterocycles. The largest absolute Gasteiger partial charge is 0.491 e. The van der Waals surface area contributed by atoms with E-state index in [1.165, 1.54) is 42.9 Å². The van der Waals surface area contributed by atoms with Crippen LogP contribution in [0.2, 0.25) is 0 Å². The van der Waals surface area contributed by atoms with Gasteiger partial charge < -0.3 is 25.6 Å². The number of hydrogen-bond donors (Lipinski definition) is 3. The molecule has 2 aromatic carbocycles. The van der Waals surface area contributed by atoms with E-state index in [2.05, 4.69) is 20.3 Å². The Morgan fingerprint density at radius 2 is 1.83 bits per heavy atom. The number of nitrogens with two attached hydrogens (primary N) is 1. The third kappa shape index (κ3) is 7.07. The van der Waals surface area contributed by atoms with Gasteiger partial charge in [-0.05, 0) is 74.4 Å². The monoisotopic (exact) mass is 639 g/mol. The summed E-state index contributed by atoms with van der Waals surface area (Å²) < 4.78 is 69.3. The van der Waals surface area contributed by atoms with Crippen LogP contribution in [0.1, 0.15) is 41.4 Å². The lowest BCUT2D eigenvalue weighted by molar-refractivity contribution is -0.265. The number of alkyl halides is 3. The Hall–Kier alpha value is -5.11. The molecular formula is C32H29F4N5O5. The molecule has 0 bridgehead atoms. The van der Waals surface area contributed by atoms with E-state index in [0.717, 1.165) is 31.0 Å². The van der Waals surface area contributed by atoms with Crippen molar-refractivity contribution in [1.29, 1.82) is 0 Å². The molecule has 14 heteroatoms. The van der Waals surface area contributed by atoms with Crippen molar-refractivity contribution in [1.82, 2.24) is 20.3 Å². The molecule has 1 fully saturated rings. The van der Waals surface area contributed by atoms with Gasteiger partial charge in [0.25, 0.3) is 5.91 Å². The van der Waals surface area contributed by atoms with E-state index in [4.69, 9.17) is 15.2 Å². The van der Waals surface area contributed by atoms with Crippen molar-refractivity contribution in [2.45, 2.75) is 44.1 Å². The Balaban J connectivity index is 1.52. The SMILES string of the molecule is CCOc1c(CC(N)=O)cc([C@@](O)(CNC(=O)c2ccc(OC3CC3)c(-c3ccncn3)c2)C(F)(F)F)nc1-c1ccc(F)cc1. The molecule has 4 aromatic rings. The van der Waals surface area contributed by atoms with E-state index >= 15 is 0 Å². The maximum atomic E-state index is 14.7. The van der Waals surface area contributed by atoms with Crippen LogP contribution < -0.4 is 20.5 Å². The minimum Gasteiger partial charge on any atom is -0.491 e. The number of aliphatic hydroxyl groups is 1. The van der Waals surface area contributed by atoms with Crippen molar-refractivity contribution < 1.29 is 41.7 Å². The summed E-state index contributed by atoms with van der Waals surface area (Å²) in [6, 6.07) is 11.5. The predicted octanol–water partition coefficient (Wildman–Crippen LogP) is 4.49. The van der Waals surface area contributed by atoms with Gasteiger partial charge >= 0.3 is 6.18 Å². The van der Waals surface area contributed by atoms with Crippen molar-refractivity contribution in [2.75, 3.05) is 13.2 Å². The number of ether oxygens (including phenoxy) is 2. The van der Waals surface area contributed by atoms with Crippen molar-refractivity contribution in [2.24, 2.45) is 5.73 Å². The van der Waals surface area contributed by atoms with Gasteiger partial charge in [0.2, 0.25) is 11.5 Å². The number of rotatable bonds is 12. The van der Waals surface area contributed by atoms with Gasteiger partial charge in [-0.25, -0.2) is 19.3 Å². The number of carbonyl (C=O) groups is 2. The molecule has 2 heterocycles. The van der Waals surface area contributed by atoms with Gasteiger partial charge in [0.05, 0.1) is 37.1 Å². The van der Waals surface area contributed by atoms with E-state index in [-0.39, 0.29) is 40.8 Å². The Bertz CT molecular complexity index is 1730. The lowest BCUT2D eigenvalue weighted by Gasteiger charge is -2.31. The third-order valence-corrected chi connectivity index (χ3v) is 7.14. The molecule has 46 heavy (non-hydrogen) atoms. The highest BCUT2D eigenvalue weighted by Crippen LogP contribution is 2.42. The van der Waals surface area contributed by atoms with Gasteiger partial charge in [0.15, 0.2) is 0 Å². The van der Waals surface area contributed by atoms with Crippen LogP contribution in [-0.2, 0) is 16.8 Å². The molecule has 2 amide bonds. The Labute approximate surface area is 260 Å². The predicted molar refractivity (Wildman–Crippen MR) is 157 cm³/mol. The first-order valence-corrected chi connectivity index (χ1v) is 14.3. The summed E-state index contributed by atoms with van der Waals surface area (Å²) in [7, 11) is 0. The van der Waals surface area contributed by atoms with Gasteiger partial charge in [0, 0.05) is 28.5 Å². The maximum absolute atomic E-state index is 14.7. The van der Waals surface area contributed by atoms with Crippen molar-refractivity contribution in [3.8, 4) is 34.0 Å². The summed E-state index contributed by atoms with van der Waals surface area (Å²) in [5.41, 5.74) is 1.41. The standard InChI is InChI=1S/C32H29F4N5O5/c1-2-45-29-20(15-27(37)42)14-26(41-28(29)18-3-6-21(33)7-4-18)31(44,32(34,35)36)16-39-30(43)19-5-10-25(46-22-8-9-22)23(13-19)24-11-12-38-17-40-24/h3-7,10-14,17,22,44H,2,8-9,15-16H2,1H3,(H2,37,42)(H,39,43)/t31-/m0/s1. The van der Waals surface area contributed by atoms with Crippen LogP contribution in [0.15, 0.2) is 67.1 Å². The van der Waals surface area contributed by atoms with Gasteiger partial charge in [-0.1, -0.05) is 0 Å². The van der Waals surface area contributed by atoms with E-state index in [9.17, 15) is 32.3 Å². The maximum Gasteiger partial charge on any atom is 0.424 e. The fraction of sp³-hybridized carbons (Fsp3) is 0.281. The molecule has 1 aliphatic carbocycles. The van der Waals surface area contributed by atoms with Crippen LogP contribution in [0.25, 0.3) is 22.5 Å². The van der Waals surface area contributed by atoms with Crippen molar-refractivity contribution >= 4 is 11.8 Å². The number of aromatic nitrogens is 3. The molecule has 0 unspecified atom stereocenters. The lowest BCUT2D eigenvalue weighted by Crippen LogP contribution is -2.51. The minimum atomic E-state index is -5.36. The molecule has 0 aliphatic heterocycles. The summed E-state index contributed by atoms with van der Waals surface area (Å²) in [4.78, 5) is 37.3. The number of benzene rings is 2. The molecule has 1 saturated carbocycles. The second-order valence-electron chi connectivity index (χ2n) is 10.6. The van der Waals surface area contributed by atoms with E-state index in [1.54, 1.807) is 13.0 Å². The first-order chi connectivity index (χ1) is 21.9. The van der Waals surface area contributed by atoms with Crippen molar-refractivity contribution in [3.63, 3.8) is 0 Å². The summed E-state index contributed by atoms with van der Waals surface area (Å²) in [6.45, 7) is 0.305. The fourth-order valence-corrected chi connectivity index (χ4v) is 4.66.